The predicted molar refractivity (Wildman–Crippen MR) is 111 cm³/mol. The van der Waals surface area contributed by atoms with Crippen molar-refractivity contribution in [2.75, 3.05) is 6.54 Å². The lowest BCUT2D eigenvalue weighted by Gasteiger charge is -2.22. The van der Waals surface area contributed by atoms with Crippen LogP contribution >= 0.6 is 0 Å². The molecule has 0 aliphatic heterocycles. The zero-order valence-electron chi connectivity index (χ0n) is 17.7. The third-order valence-corrected chi connectivity index (χ3v) is 4.06. The van der Waals surface area contributed by atoms with Crippen molar-refractivity contribution in [2.45, 2.75) is 77.4 Å². The second-order valence-corrected chi connectivity index (χ2v) is 7.99. The van der Waals surface area contributed by atoms with Gasteiger partial charge in [-0.3, -0.25) is 4.79 Å². The molecule has 7 nitrogen and oxygen atoms in total. The van der Waals surface area contributed by atoms with Gasteiger partial charge >= 0.3 is 18.0 Å². The van der Waals surface area contributed by atoms with Gasteiger partial charge in [-0.05, 0) is 45.7 Å². The van der Waals surface area contributed by atoms with Crippen LogP contribution in [-0.4, -0.2) is 36.2 Å². The summed E-state index contributed by atoms with van der Waals surface area (Å²) < 4.78 is 10.2. The van der Waals surface area contributed by atoms with Gasteiger partial charge in [-0.15, -0.1) is 0 Å². The minimum atomic E-state index is -1.01. The first-order valence-electron chi connectivity index (χ1n) is 10.2. The van der Waals surface area contributed by atoms with Crippen LogP contribution in [0.3, 0.4) is 0 Å². The molecule has 0 spiro atoms. The number of amides is 1. The highest BCUT2D eigenvalue weighted by molar-refractivity contribution is 5.90. The lowest BCUT2D eigenvalue weighted by atomic mass is 10.1. The third kappa shape index (κ3) is 11.9. The summed E-state index contributed by atoms with van der Waals surface area (Å²) in [5, 5.41) is 2.52. The summed E-state index contributed by atoms with van der Waals surface area (Å²) >= 11 is 0. The number of unbranched alkanes of at least 4 members (excludes halogenated alkanes) is 4. The van der Waals surface area contributed by atoms with E-state index in [1.807, 2.05) is 30.3 Å². The molecule has 0 aromatic heterocycles. The molecule has 162 valence electrons. The number of rotatable bonds is 11. The standard InChI is InChI=1S/C22H34N2O5/c1-22(2,3)29-21(27)24-18(16-17-12-8-7-9-13-17)20(26)28-19(25)14-10-5-4-6-11-15-23/h7-9,12-13,18H,4-6,10-11,14-16,23H2,1-3H3,(H,24,27)/t18-/m0/s1. The Morgan fingerprint density at radius 1 is 1.00 bits per heavy atom. The van der Waals surface area contributed by atoms with Gasteiger partial charge in [0.05, 0.1) is 0 Å². The summed E-state index contributed by atoms with van der Waals surface area (Å²) in [6.07, 6.45) is 4.16. The molecule has 0 radical (unpaired) electrons. The van der Waals surface area contributed by atoms with Gasteiger partial charge in [0, 0.05) is 12.8 Å². The molecule has 1 aromatic carbocycles. The van der Waals surface area contributed by atoms with Gasteiger partial charge in [-0.1, -0.05) is 49.6 Å². The summed E-state index contributed by atoms with van der Waals surface area (Å²) in [6.45, 7) is 5.86. The summed E-state index contributed by atoms with van der Waals surface area (Å²) in [5.74, 6) is -1.37. The first-order valence-corrected chi connectivity index (χ1v) is 10.2. The van der Waals surface area contributed by atoms with Crippen molar-refractivity contribution in [3.63, 3.8) is 0 Å². The molecule has 29 heavy (non-hydrogen) atoms. The number of nitrogens with two attached hydrogens (primary N) is 1. The number of esters is 2. The first-order chi connectivity index (χ1) is 13.7. The smallest absolute Gasteiger partial charge is 0.408 e. The topological polar surface area (TPSA) is 108 Å². The monoisotopic (exact) mass is 406 g/mol. The SMILES string of the molecule is CC(C)(C)OC(=O)N[C@@H](Cc1ccccc1)C(=O)OC(=O)CCCCCCCN. The molecule has 0 saturated carbocycles. The average molecular weight is 407 g/mol. The fraction of sp³-hybridized carbons (Fsp3) is 0.591. The quantitative estimate of drug-likeness (QED) is 0.331. The van der Waals surface area contributed by atoms with Crippen molar-refractivity contribution in [3.05, 3.63) is 35.9 Å². The van der Waals surface area contributed by atoms with Crippen LogP contribution in [0.25, 0.3) is 0 Å². The predicted octanol–water partition coefficient (Wildman–Crippen LogP) is 3.49. The van der Waals surface area contributed by atoms with Gasteiger partial charge < -0.3 is 20.5 Å². The number of carbonyl (C=O) groups is 3. The maximum absolute atomic E-state index is 12.5. The van der Waals surface area contributed by atoms with E-state index in [0.717, 1.165) is 31.2 Å². The van der Waals surface area contributed by atoms with E-state index in [1.54, 1.807) is 20.8 Å². The molecule has 0 aliphatic carbocycles. The van der Waals surface area contributed by atoms with E-state index in [4.69, 9.17) is 15.2 Å². The van der Waals surface area contributed by atoms with Crippen LogP contribution in [-0.2, 0) is 25.5 Å². The Kier molecular flexibility index (Phi) is 11.0. The van der Waals surface area contributed by atoms with E-state index in [9.17, 15) is 14.4 Å². The Morgan fingerprint density at radius 3 is 2.24 bits per heavy atom. The molecule has 0 aliphatic rings. The number of carbonyl (C=O) groups excluding carboxylic acids is 3. The van der Waals surface area contributed by atoms with Gasteiger partial charge in [-0.25, -0.2) is 9.59 Å². The van der Waals surface area contributed by atoms with Crippen LogP contribution in [0.4, 0.5) is 4.79 Å². The van der Waals surface area contributed by atoms with Gasteiger partial charge in [0.15, 0.2) is 0 Å². The highest BCUT2D eigenvalue weighted by Gasteiger charge is 2.27. The molecule has 0 saturated heterocycles. The summed E-state index contributed by atoms with van der Waals surface area (Å²) in [5.41, 5.74) is 5.58. The van der Waals surface area contributed by atoms with E-state index < -0.39 is 29.7 Å². The van der Waals surface area contributed by atoms with E-state index >= 15 is 0 Å². The number of nitrogens with one attached hydrogen (secondary N) is 1. The molecule has 1 amide bonds. The Bertz CT molecular complexity index is 640. The van der Waals surface area contributed by atoms with Gasteiger partial charge in [0.1, 0.15) is 11.6 Å². The second-order valence-electron chi connectivity index (χ2n) is 7.99. The molecule has 0 fully saturated rings. The van der Waals surface area contributed by atoms with Crippen LogP contribution in [0.1, 0.15) is 64.9 Å². The number of alkyl carbamates (subject to hydrolysis) is 1. The first kappa shape index (κ1) is 24.6. The molecule has 1 aromatic rings. The van der Waals surface area contributed by atoms with Crippen LogP contribution in [0.15, 0.2) is 30.3 Å². The average Bonchev–Trinajstić information content (AvgIpc) is 2.63. The van der Waals surface area contributed by atoms with Crippen molar-refractivity contribution in [1.29, 1.82) is 0 Å². The summed E-state index contributed by atoms with van der Waals surface area (Å²) in [4.78, 5) is 36.6. The van der Waals surface area contributed by atoms with E-state index in [0.29, 0.717) is 13.0 Å². The molecule has 3 N–H and O–H groups in total. The Hall–Kier alpha value is -2.41. The largest absolute Gasteiger partial charge is 0.444 e. The zero-order valence-corrected chi connectivity index (χ0v) is 17.7. The van der Waals surface area contributed by atoms with E-state index in [-0.39, 0.29) is 12.8 Å². The molecular weight excluding hydrogens is 372 g/mol. The maximum atomic E-state index is 12.5. The number of benzene rings is 1. The lowest BCUT2D eigenvalue weighted by molar-refractivity contribution is -0.161. The molecule has 0 unspecified atom stereocenters. The van der Waals surface area contributed by atoms with E-state index in [2.05, 4.69) is 5.32 Å². The minimum absolute atomic E-state index is 0.166. The molecule has 1 atom stereocenters. The Labute approximate surface area is 173 Å². The van der Waals surface area contributed by atoms with Crippen molar-refractivity contribution in [1.82, 2.24) is 5.32 Å². The maximum Gasteiger partial charge on any atom is 0.408 e. The molecule has 0 heterocycles. The molecule has 0 bridgehead atoms. The van der Waals surface area contributed by atoms with Crippen LogP contribution in [0.5, 0.6) is 0 Å². The second kappa shape index (κ2) is 12.9. The van der Waals surface area contributed by atoms with Gasteiger partial charge in [-0.2, -0.15) is 0 Å². The lowest BCUT2D eigenvalue weighted by Crippen LogP contribution is -2.46. The Balaban J connectivity index is 2.60. The fourth-order valence-electron chi connectivity index (χ4n) is 2.67. The highest BCUT2D eigenvalue weighted by atomic mass is 16.6. The number of ether oxygens (including phenoxy) is 2. The van der Waals surface area contributed by atoms with E-state index in [1.165, 1.54) is 0 Å². The fourth-order valence-corrected chi connectivity index (χ4v) is 2.67. The normalized spacial score (nSPS) is 12.1. The zero-order chi connectivity index (χ0) is 21.7. The third-order valence-electron chi connectivity index (χ3n) is 4.06. The van der Waals surface area contributed by atoms with Crippen molar-refractivity contribution < 1.29 is 23.9 Å². The van der Waals surface area contributed by atoms with Crippen molar-refractivity contribution in [2.24, 2.45) is 5.73 Å². The van der Waals surface area contributed by atoms with Crippen LogP contribution < -0.4 is 11.1 Å². The molecular formula is C22H34N2O5. The van der Waals surface area contributed by atoms with Crippen molar-refractivity contribution in [3.8, 4) is 0 Å². The minimum Gasteiger partial charge on any atom is -0.444 e. The number of hydrogen-bond donors (Lipinski definition) is 2. The van der Waals surface area contributed by atoms with Crippen LogP contribution in [0.2, 0.25) is 0 Å². The van der Waals surface area contributed by atoms with Crippen LogP contribution in [0, 0.1) is 0 Å². The highest BCUT2D eigenvalue weighted by Crippen LogP contribution is 2.11. The van der Waals surface area contributed by atoms with Gasteiger partial charge in [0.25, 0.3) is 0 Å². The molecule has 7 heteroatoms. The summed E-state index contributed by atoms with van der Waals surface area (Å²) in [7, 11) is 0. The molecule has 1 rings (SSSR count). The van der Waals surface area contributed by atoms with Crippen molar-refractivity contribution >= 4 is 18.0 Å². The Morgan fingerprint density at radius 2 is 1.62 bits per heavy atom. The number of hydrogen-bond acceptors (Lipinski definition) is 6. The summed E-state index contributed by atoms with van der Waals surface area (Å²) in [6, 6.07) is 8.18. The van der Waals surface area contributed by atoms with Gasteiger partial charge in [0.2, 0.25) is 0 Å².